The molecule has 0 saturated heterocycles. The van der Waals surface area contributed by atoms with Gasteiger partial charge in [0.25, 0.3) is 0 Å². The minimum Gasteiger partial charge on any atom is -0.497 e. The molecular formula is C13H13Cl2N3O. The predicted molar refractivity (Wildman–Crippen MR) is 77.2 cm³/mol. The number of hydrogen-bond acceptors (Lipinski definition) is 4. The van der Waals surface area contributed by atoms with Crippen LogP contribution in [0.25, 0.3) is 0 Å². The van der Waals surface area contributed by atoms with E-state index in [4.69, 9.17) is 27.9 Å². The van der Waals surface area contributed by atoms with Crippen LogP contribution in [-0.2, 0) is 6.42 Å². The molecule has 0 spiro atoms. The van der Waals surface area contributed by atoms with Crippen LogP contribution in [0.1, 0.15) is 5.56 Å². The lowest BCUT2D eigenvalue weighted by atomic mass is 10.1. The van der Waals surface area contributed by atoms with Crippen molar-refractivity contribution in [1.29, 1.82) is 0 Å². The Balaban J connectivity index is 1.94. The fourth-order valence-corrected chi connectivity index (χ4v) is 1.95. The van der Waals surface area contributed by atoms with Gasteiger partial charge in [0.2, 0.25) is 0 Å². The zero-order chi connectivity index (χ0) is 13.7. The first-order chi connectivity index (χ1) is 9.19. The first-order valence-corrected chi connectivity index (χ1v) is 6.50. The third kappa shape index (κ3) is 3.98. The topological polar surface area (TPSA) is 47.0 Å². The van der Waals surface area contributed by atoms with Crippen LogP contribution in [0.15, 0.2) is 30.3 Å². The first kappa shape index (κ1) is 13.9. The van der Waals surface area contributed by atoms with Crippen LogP contribution in [0.4, 0.5) is 5.69 Å². The number of benzene rings is 1. The number of methoxy groups -OCH3 is 1. The van der Waals surface area contributed by atoms with E-state index >= 15 is 0 Å². The number of ether oxygens (including phenoxy) is 1. The van der Waals surface area contributed by atoms with Gasteiger partial charge in [-0.2, -0.15) is 0 Å². The van der Waals surface area contributed by atoms with Crippen LogP contribution < -0.4 is 10.1 Å². The van der Waals surface area contributed by atoms with E-state index in [1.54, 1.807) is 13.2 Å². The van der Waals surface area contributed by atoms with E-state index in [0.717, 1.165) is 18.7 Å². The lowest BCUT2D eigenvalue weighted by molar-refractivity contribution is 0.414. The number of nitrogens with one attached hydrogen (secondary N) is 1. The van der Waals surface area contributed by atoms with E-state index in [0.29, 0.717) is 16.0 Å². The van der Waals surface area contributed by atoms with Crippen molar-refractivity contribution in [3.8, 4) is 5.75 Å². The number of aromatic nitrogens is 2. The molecular weight excluding hydrogens is 285 g/mol. The van der Waals surface area contributed by atoms with E-state index < -0.39 is 0 Å². The second-order valence-corrected chi connectivity index (χ2v) is 4.65. The Labute approximate surface area is 121 Å². The highest BCUT2D eigenvalue weighted by Crippen LogP contribution is 2.21. The third-order valence-electron chi connectivity index (χ3n) is 2.58. The molecule has 0 bridgehead atoms. The van der Waals surface area contributed by atoms with Gasteiger partial charge in [-0.3, -0.25) is 0 Å². The molecule has 1 N–H and O–H groups in total. The molecule has 0 radical (unpaired) electrons. The summed E-state index contributed by atoms with van der Waals surface area (Å²) in [7, 11) is 1.65. The molecule has 0 unspecified atom stereocenters. The standard InChI is InChI=1S/C13H13Cl2N3O/c1-19-10-4-2-3-9(7-10)5-6-16-11-8-12(14)17-18-13(11)15/h2-4,7-8H,5-6H2,1H3,(H,16,17). The Kier molecular flexibility index (Phi) is 4.82. The van der Waals surface area contributed by atoms with Gasteiger partial charge >= 0.3 is 0 Å². The van der Waals surface area contributed by atoms with Crippen LogP contribution in [0.5, 0.6) is 5.75 Å². The highest BCUT2D eigenvalue weighted by molar-refractivity contribution is 6.33. The molecule has 0 aliphatic heterocycles. The van der Waals surface area contributed by atoms with Crippen molar-refractivity contribution >= 4 is 28.9 Å². The molecule has 1 heterocycles. The van der Waals surface area contributed by atoms with Crippen molar-refractivity contribution < 1.29 is 4.74 Å². The van der Waals surface area contributed by atoms with Crippen molar-refractivity contribution in [3.05, 3.63) is 46.2 Å². The van der Waals surface area contributed by atoms with Crippen molar-refractivity contribution in [2.24, 2.45) is 0 Å². The van der Waals surface area contributed by atoms with Crippen molar-refractivity contribution in [3.63, 3.8) is 0 Å². The average Bonchev–Trinajstić information content (AvgIpc) is 2.43. The van der Waals surface area contributed by atoms with Crippen molar-refractivity contribution in [1.82, 2.24) is 10.2 Å². The fraction of sp³-hybridized carbons (Fsp3) is 0.231. The van der Waals surface area contributed by atoms with Gasteiger partial charge in [-0.15, -0.1) is 10.2 Å². The van der Waals surface area contributed by atoms with Crippen LogP contribution in [0, 0.1) is 0 Å². The zero-order valence-electron chi connectivity index (χ0n) is 10.4. The molecule has 19 heavy (non-hydrogen) atoms. The van der Waals surface area contributed by atoms with Gasteiger partial charge in [0, 0.05) is 12.6 Å². The maximum atomic E-state index is 5.91. The smallest absolute Gasteiger partial charge is 0.174 e. The van der Waals surface area contributed by atoms with Crippen LogP contribution in [0.3, 0.4) is 0 Å². The number of halogens is 2. The molecule has 2 aromatic rings. The van der Waals surface area contributed by atoms with Crippen LogP contribution in [-0.4, -0.2) is 23.9 Å². The van der Waals surface area contributed by atoms with Gasteiger partial charge in [-0.1, -0.05) is 35.3 Å². The van der Waals surface area contributed by atoms with E-state index in [1.807, 2.05) is 24.3 Å². The summed E-state index contributed by atoms with van der Waals surface area (Å²) in [5.74, 6) is 0.851. The lowest BCUT2D eigenvalue weighted by Crippen LogP contribution is -2.06. The molecule has 1 aromatic heterocycles. The molecule has 0 atom stereocenters. The van der Waals surface area contributed by atoms with Crippen molar-refractivity contribution in [2.75, 3.05) is 19.0 Å². The maximum absolute atomic E-state index is 5.91. The lowest BCUT2D eigenvalue weighted by Gasteiger charge is -2.08. The van der Waals surface area contributed by atoms with Crippen LogP contribution >= 0.6 is 23.2 Å². The average molecular weight is 298 g/mol. The Hall–Kier alpha value is -1.52. The predicted octanol–water partition coefficient (Wildman–Crippen LogP) is 3.45. The summed E-state index contributed by atoms with van der Waals surface area (Å²) in [6.07, 6.45) is 0.841. The summed E-state index contributed by atoms with van der Waals surface area (Å²) in [5.41, 5.74) is 1.86. The molecule has 0 amide bonds. The summed E-state index contributed by atoms with van der Waals surface area (Å²) < 4.78 is 5.18. The molecule has 100 valence electrons. The van der Waals surface area contributed by atoms with Crippen LogP contribution in [0.2, 0.25) is 10.3 Å². The molecule has 0 aliphatic rings. The highest BCUT2D eigenvalue weighted by atomic mass is 35.5. The van der Waals surface area contributed by atoms with E-state index in [-0.39, 0.29) is 0 Å². The van der Waals surface area contributed by atoms with E-state index in [9.17, 15) is 0 Å². The van der Waals surface area contributed by atoms with E-state index in [1.165, 1.54) is 5.56 Å². The van der Waals surface area contributed by atoms with E-state index in [2.05, 4.69) is 15.5 Å². The first-order valence-electron chi connectivity index (χ1n) is 5.74. The van der Waals surface area contributed by atoms with Crippen molar-refractivity contribution in [2.45, 2.75) is 6.42 Å². The third-order valence-corrected chi connectivity index (χ3v) is 3.05. The SMILES string of the molecule is COc1cccc(CCNc2cc(Cl)nnc2Cl)c1. The molecule has 6 heteroatoms. The quantitative estimate of drug-likeness (QED) is 0.918. The molecule has 0 fully saturated rings. The Bertz CT molecular complexity index is 563. The summed E-state index contributed by atoms with van der Waals surface area (Å²) in [6, 6.07) is 9.58. The molecule has 0 aliphatic carbocycles. The van der Waals surface area contributed by atoms with Gasteiger partial charge in [0.05, 0.1) is 12.8 Å². The second-order valence-electron chi connectivity index (χ2n) is 3.90. The number of anilines is 1. The van der Waals surface area contributed by atoms with Gasteiger partial charge in [-0.05, 0) is 24.1 Å². The largest absolute Gasteiger partial charge is 0.497 e. The summed E-state index contributed by atoms with van der Waals surface area (Å²) >= 11 is 11.7. The Morgan fingerprint density at radius 3 is 2.84 bits per heavy atom. The molecule has 1 aromatic carbocycles. The molecule has 2 rings (SSSR count). The van der Waals surface area contributed by atoms with Gasteiger partial charge < -0.3 is 10.1 Å². The molecule has 0 saturated carbocycles. The highest BCUT2D eigenvalue weighted by Gasteiger charge is 2.03. The minimum atomic E-state index is 0.313. The summed E-state index contributed by atoms with van der Waals surface area (Å²) in [6.45, 7) is 0.717. The minimum absolute atomic E-state index is 0.313. The summed E-state index contributed by atoms with van der Waals surface area (Å²) in [4.78, 5) is 0. The number of nitrogens with zero attached hydrogens (tertiary/aromatic N) is 2. The number of rotatable bonds is 5. The Morgan fingerprint density at radius 2 is 2.05 bits per heavy atom. The monoisotopic (exact) mass is 297 g/mol. The second kappa shape index (κ2) is 6.59. The van der Waals surface area contributed by atoms with Gasteiger partial charge in [0.15, 0.2) is 10.3 Å². The van der Waals surface area contributed by atoms with Gasteiger partial charge in [0.1, 0.15) is 5.75 Å². The van der Waals surface area contributed by atoms with Gasteiger partial charge in [-0.25, -0.2) is 0 Å². The molecule has 4 nitrogen and oxygen atoms in total. The Morgan fingerprint density at radius 1 is 1.21 bits per heavy atom. The number of hydrogen-bond donors (Lipinski definition) is 1. The normalized spacial score (nSPS) is 10.3. The zero-order valence-corrected chi connectivity index (χ0v) is 11.9. The summed E-state index contributed by atoms with van der Waals surface area (Å²) in [5, 5.41) is 11.2. The maximum Gasteiger partial charge on any atom is 0.174 e. The fourth-order valence-electron chi connectivity index (χ4n) is 1.65.